The van der Waals surface area contributed by atoms with Gasteiger partial charge < -0.3 is 4.74 Å². The fourth-order valence-corrected chi connectivity index (χ4v) is 1.72. The van der Waals surface area contributed by atoms with Gasteiger partial charge in [-0.05, 0) is 24.6 Å². The van der Waals surface area contributed by atoms with Crippen molar-refractivity contribution in [1.82, 2.24) is 0 Å². The second-order valence-corrected chi connectivity index (χ2v) is 4.24. The number of ketones is 1. The third-order valence-electron chi connectivity index (χ3n) is 2.19. The molecule has 1 aromatic rings. The Morgan fingerprint density at radius 3 is 2.94 bits per heavy atom. The number of halogens is 1. The highest BCUT2D eigenvalue weighted by Gasteiger charge is 2.11. The summed E-state index contributed by atoms with van der Waals surface area (Å²) in [6.45, 7) is 0. The van der Waals surface area contributed by atoms with Crippen molar-refractivity contribution in [2.45, 2.75) is 19.3 Å². The predicted octanol–water partition coefficient (Wildman–Crippen LogP) is 3.44. The van der Waals surface area contributed by atoms with E-state index in [-0.39, 0.29) is 5.78 Å². The number of unbranched alkanes of at least 4 members (excludes halogenated alkanes) is 1. The second kappa shape index (κ2) is 6.34. The van der Waals surface area contributed by atoms with E-state index in [0.29, 0.717) is 30.6 Å². The number of carbonyl (C=O) groups excluding carboxylic acids is 1. The Balaban J connectivity index is 2.79. The van der Waals surface area contributed by atoms with Gasteiger partial charge in [-0.3, -0.25) is 4.79 Å². The molecule has 0 saturated carbocycles. The highest BCUT2D eigenvalue weighted by Crippen LogP contribution is 2.24. The molecule has 3 heteroatoms. The van der Waals surface area contributed by atoms with Gasteiger partial charge >= 0.3 is 0 Å². The van der Waals surface area contributed by atoms with E-state index in [9.17, 15) is 4.79 Å². The molecule has 0 bridgehead atoms. The standard InChI is InChI=1S/C13H13BrO2/c1-3-4-5-6-12(15)11-8-7-10(14)9-13(11)16-2/h1,7-9H,4-6H2,2H3. The van der Waals surface area contributed by atoms with Crippen molar-refractivity contribution in [3.63, 3.8) is 0 Å². The fraction of sp³-hybridized carbons (Fsp3) is 0.308. The molecule has 0 fully saturated rings. The maximum Gasteiger partial charge on any atom is 0.166 e. The Bertz CT molecular complexity index is 418. The summed E-state index contributed by atoms with van der Waals surface area (Å²) in [5, 5.41) is 0. The minimum atomic E-state index is 0.0691. The van der Waals surface area contributed by atoms with Gasteiger partial charge in [-0.1, -0.05) is 15.9 Å². The van der Waals surface area contributed by atoms with Gasteiger partial charge in [-0.25, -0.2) is 0 Å². The number of hydrogen-bond donors (Lipinski definition) is 0. The minimum absolute atomic E-state index is 0.0691. The third kappa shape index (κ3) is 3.39. The van der Waals surface area contributed by atoms with Crippen LogP contribution in [0.25, 0.3) is 0 Å². The van der Waals surface area contributed by atoms with E-state index in [1.54, 1.807) is 19.2 Å². The van der Waals surface area contributed by atoms with Crippen molar-refractivity contribution < 1.29 is 9.53 Å². The fourth-order valence-electron chi connectivity index (χ4n) is 1.38. The van der Waals surface area contributed by atoms with E-state index in [4.69, 9.17) is 11.2 Å². The molecule has 0 spiro atoms. The maximum atomic E-state index is 11.8. The molecule has 0 aromatic heterocycles. The summed E-state index contributed by atoms with van der Waals surface area (Å²) < 4.78 is 6.06. The van der Waals surface area contributed by atoms with Crippen LogP contribution >= 0.6 is 15.9 Å². The number of rotatable bonds is 5. The molecule has 1 rings (SSSR count). The Morgan fingerprint density at radius 1 is 1.56 bits per heavy atom. The second-order valence-electron chi connectivity index (χ2n) is 3.33. The summed E-state index contributed by atoms with van der Waals surface area (Å²) in [6.07, 6.45) is 6.94. The average Bonchev–Trinajstić information content (AvgIpc) is 2.29. The summed E-state index contributed by atoms with van der Waals surface area (Å²) in [4.78, 5) is 11.8. The lowest BCUT2D eigenvalue weighted by Gasteiger charge is -2.07. The first kappa shape index (κ1) is 12.8. The van der Waals surface area contributed by atoms with Gasteiger partial charge in [-0.2, -0.15) is 0 Å². The highest BCUT2D eigenvalue weighted by molar-refractivity contribution is 9.10. The van der Waals surface area contributed by atoms with E-state index in [1.165, 1.54) is 0 Å². The van der Waals surface area contributed by atoms with E-state index < -0.39 is 0 Å². The van der Waals surface area contributed by atoms with Gasteiger partial charge in [0.15, 0.2) is 5.78 Å². The molecule has 2 nitrogen and oxygen atoms in total. The van der Waals surface area contributed by atoms with E-state index in [0.717, 1.165) is 4.47 Å². The summed E-state index contributed by atoms with van der Waals surface area (Å²) in [5.74, 6) is 3.19. The van der Waals surface area contributed by atoms with Crippen LogP contribution in [0.2, 0.25) is 0 Å². The molecule has 0 radical (unpaired) electrons. The third-order valence-corrected chi connectivity index (χ3v) is 2.68. The number of ether oxygens (including phenoxy) is 1. The molecule has 0 aliphatic rings. The SMILES string of the molecule is C#CCCCC(=O)c1ccc(Br)cc1OC. The first-order valence-electron chi connectivity index (χ1n) is 4.99. The average molecular weight is 281 g/mol. The molecule has 0 aliphatic carbocycles. The van der Waals surface area contributed by atoms with Crippen LogP contribution in [-0.4, -0.2) is 12.9 Å². The lowest BCUT2D eigenvalue weighted by atomic mass is 10.0. The van der Waals surface area contributed by atoms with Crippen LogP contribution in [-0.2, 0) is 0 Å². The summed E-state index contributed by atoms with van der Waals surface area (Å²) in [5.41, 5.74) is 0.614. The van der Waals surface area contributed by atoms with Crippen LogP contribution in [0.3, 0.4) is 0 Å². The van der Waals surface area contributed by atoms with Crippen molar-refractivity contribution in [1.29, 1.82) is 0 Å². The molecule has 0 unspecified atom stereocenters. The number of carbonyl (C=O) groups is 1. The Morgan fingerprint density at radius 2 is 2.31 bits per heavy atom. The van der Waals surface area contributed by atoms with Gasteiger partial charge in [0, 0.05) is 17.3 Å². The van der Waals surface area contributed by atoms with Gasteiger partial charge in [0.1, 0.15) is 5.75 Å². The molecule has 0 amide bonds. The van der Waals surface area contributed by atoms with E-state index in [1.807, 2.05) is 6.07 Å². The molecule has 84 valence electrons. The van der Waals surface area contributed by atoms with Gasteiger partial charge in [0.2, 0.25) is 0 Å². The van der Waals surface area contributed by atoms with Crippen LogP contribution in [0.1, 0.15) is 29.6 Å². The number of hydrogen-bond acceptors (Lipinski definition) is 2. The predicted molar refractivity (Wildman–Crippen MR) is 67.7 cm³/mol. The Labute approximate surface area is 104 Å². The first-order chi connectivity index (χ1) is 7.69. The van der Waals surface area contributed by atoms with E-state index in [2.05, 4.69) is 21.9 Å². The number of terminal acetylenes is 1. The van der Waals surface area contributed by atoms with Gasteiger partial charge in [-0.15, -0.1) is 12.3 Å². The zero-order chi connectivity index (χ0) is 12.0. The van der Waals surface area contributed by atoms with E-state index >= 15 is 0 Å². The molecule has 1 aromatic carbocycles. The quantitative estimate of drug-likeness (QED) is 0.469. The summed E-state index contributed by atoms with van der Waals surface area (Å²) >= 11 is 3.33. The normalized spacial score (nSPS) is 9.56. The van der Waals surface area contributed by atoms with Gasteiger partial charge in [0.05, 0.1) is 12.7 Å². The molecule has 0 N–H and O–H groups in total. The molecular formula is C13H13BrO2. The van der Waals surface area contributed by atoms with Crippen LogP contribution in [0.5, 0.6) is 5.75 Å². The highest BCUT2D eigenvalue weighted by atomic mass is 79.9. The molecule has 0 saturated heterocycles. The van der Waals surface area contributed by atoms with Crippen molar-refractivity contribution in [2.24, 2.45) is 0 Å². The summed E-state index contributed by atoms with van der Waals surface area (Å²) in [7, 11) is 1.56. The van der Waals surface area contributed by atoms with Crippen LogP contribution in [0, 0.1) is 12.3 Å². The Hall–Kier alpha value is -1.27. The molecular weight excluding hydrogens is 268 g/mol. The van der Waals surface area contributed by atoms with Crippen molar-refractivity contribution in [2.75, 3.05) is 7.11 Å². The smallest absolute Gasteiger partial charge is 0.166 e. The number of Topliss-reactive ketones (excluding diaryl/α,β-unsaturated/α-hetero) is 1. The first-order valence-corrected chi connectivity index (χ1v) is 5.78. The number of methoxy groups -OCH3 is 1. The molecule has 0 aliphatic heterocycles. The minimum Gasteiger partial charge on any atom is -0.496 e. The van der Waals surface area contributed by atoms with Gasteiger partial charge in [0.25, 0.3) is 0 Å². The van der Waals surface area contributed by atoms with Crippen LogP contribution in [0.4, 0.5) is 0 Å². The zero-order valence-electron chi connectivity index (χ0n) is 9.13. The summed E-state index contributed by atoms with van der Waals surface area (Å²) in [6, 6.07) is 5.38. The monoisotopic (exact) mass is 280 g/mol. The van der Waals surface area contributed by atoms with Crippen LogP contribution in [0.15, 0.2) is 22.7 Å². The topological polar surface area (TPSA) is 26.3 Å². The van der Waals surface area contributed by atoms with Crippen molar-refractivity contribution in [3.05, 3.63) is 28.2 Å². The van der Waals surface area contributed by atoms with Crippen molar-refractivity contribution >= 4 is 21.7 Å². The maximum absolute atomic E-state index is 11.8. The lowest BCUT2D eigenvalue weighted by Crippen LogP contribution is -2.02. The molecule has 0 heterocycles. The van der Waals surface area contributed by atoms with Crippen molar-refractivity contribution in [3.8, 4) is 18.1 Å². The Kier molecular flexibility index (Phi) is 5.07. The molecule has 0 atom stereocenters. The largest absolute Gasteiger partial charge is 0.496 e. The zero-order valence-corrected chi connectivity index (χ0v) is 10.7. The van der Waals surface area contributed by atoms with Crippen LogP contribution < -0.4 is 4.74 Å². The number of benzene rings is 1. The lowest BCUT2D eigenvalue weighted by molar-refractivity contribution is 0.0977. The molecule has 16 heavy (non-hydrogen) atoms.